The number of rotatable bonds is 11. The molecule has 0 rings (SSSR count). The first kappa shape index (κ1) is 16.3. The van der Waals surface area contributed by atoms with Crippen LogP contribution in [0.5, 0.6) is 0 Å². The molecular formula is C14H30N2O. The molecule has 2 N–H and O–H groups in total. The van der Waals surface area contributed by atoms with E-state index in [4.69, 9.17) is 5.73 Å². The van der Waals surface area contributed by atoms with Gasteiger partial charge in [-0.3, -0.25) is 0 Å². The summed E-state index contributed by atoms with van der Waals surface area (Å²) in [6.07, 6.45) is 13.2. The number of unbranched alkanes of at least 4 members (excludes halogenated alkanes) is 9. The largest absolute Gasteiger partial charge is 0.351 e. The van der Waals surface area contributed by atoms with Crippen molar-refractivity contribution in [1.29, 1.82) is 0 Å². The summed E-state index contributed by atoms with van der Waals surface area (Å²) in [6.45, 7) is 3.05. The van der Waals surface area contributed by atoms with E-state index in [1.54, 1.807) is 11.9 Å². The van der Waals surface area contributed by atoms with Crippen LogP contribution >= 0.6 is 0 Å². The summed E-state index contributed by atoms with van der Waals surface area (Å²) in [7, 11) is 1.76. The SMILES string of the molecule is CCCCCCCCCCCCN(C)C(N)=O. The van der Waals surface area contributed by atoms with Crippen molar-refractivity contribution in [2.75, 3.05) is 13.6 Å². The zero-order chi connectivity index (χ0) is 12.9. The van der Waals surface area contributed by atoms with Crippen LogP contribution in [0.1, 0.15) is 71.1 Å². The fourth-order valence-corrected chi connectivity index (χ4v) is 1.95. The quantitative estimate of drug-likeness (QED) is 0.548. The van der Waals surface area contributed by atoms with E-state index >= 15 is 0 Å². The molecule has 2 amide bonds. The summed E-state index contributed by atoms with van der Waals surface area (Å²) in [5.74, 6) is 0. The van der Waals surface area contributed by atoms with Crippen LogP contribution < -0.4 is 5.73 Å². The number of carbonyl (C=O) groups is 1. The molecule has 0 bridgehead atoms. The van der Waals surface area contributed by atoms with Crippen molar-refractivity contribution in [3.05, 3.63) is 0 Å². The van der Waals surface area contributed by atoms with E-state index in [2.05, 4.69) is 6.92 Å². The van der Waals surface area contributed by atoms with Gasteiger partial charge in [0.1, 0.15) is 0 Å². The molecule has 0 saturated carbocycles. The smallest absolute Gasteiger partial charge is 0.314 e. The van der Waals surface area contributed by atoms with Crippen molar-refractivity contribution in [3.63, 3.8) is 0 Å². The molecule has 0 unspecified atom stereocenters. The number of hydrogen-bond donors (Lipinski definition) is 1. The first-order chi connectivity index (χ1) is 8.18. The van der Waals surface area contributed by atoms with E-state index in [1.165, 1.54) is 57.8 Å². The normalized spacial score (nSPS) is 10.5. The molecule has 0 spiro atoms. The molecule has 0 aliphatic carbocycles. The average Bonchev–Trinajstić information content (AvgIpc) is 2.31. The second-order valence-electron chi connectivity index (χ2n) is 4.94. The maximum absolute atomic E-state index is 10.7. The summed E-state index contributed by atoms with van der Waals surface area (Å²) in [4.78, 5) is 12.3. The lowest BCUT2D eigenvalue weighted by molar-refractivity contribution is 0.217. The molecule has 0 fully saturated rings. The molecule has 0 saturated heterocycles. The van der Waals surface area contributed by atoms with Gasteiger partial charge < -0.3 is 10.6 Å². The molecule has 0 aromatic rings. The van der Waals surface area contributed by atoms with Gasteiger partial charge in [0.25, 0.3) is 0 Å². The van der Waals surface area contributed by atoms with Crippen LogP contribution in [0.4, 0.5) is 4.79 Å². The second-order valence-corrected chi connectivity index (χ2v) is 4.94. The van der Waals surface area contributed by atoms with Gasteiger partial charge in [0, 0.05) is 13.6 Å². The third-order valence-electron chi connectivity index (χ3n) is 3.22. The number of urea groups is 1. The topological polar surface area (TPSA) is 46.3 Å². The van der Waals surface area contributed by atoms with Crippen LogP contribution in [-0.2, 0) is 0 Å². The molecule has 3 heteroatoms. The van der Waals surface area contributed by atoms with E-state index in [1.807, 2.05) is 0 Å². The minimum atomic E-state index is -0.319. The van der Waals surface area contributed by atoms with E-state index in [9.17, 15) is 4.79 Å². The Balaban J connectivity index is 3.06. The summed E-state index contributed by atoms with van der Waals surface area (Å²) >= 11 is 0. The predicted octanol–water partition coefficient (Wildman–Crippen LogP) is 3.92. The average molecular weight is 242 g/mol. The van der Waals surface area contributed by atoms with E-state index in [-0.39, 0.29) is 6.03 Å². The van der Waals surface area contributed by atoms with E-state index in [0.717, 1.165) is 13.0 Å². The molecule has 0 radical (unpaired) electrons. The number of nitrogens with two attached hydrogens (primary N) is 1. The Hall–Kier alpha value is -0.730. The second kappa shape index (κ2) is 11.7. The highest BCUT2D eigenvalue weighted by atomic mass is 16.2. The van der Waals surface area contributed by atoms with Crippen molar-refractivity contribution in [1.82, 2.24) is 4.90 Å². The van der Waals surface area contributed by atoms with Gasteiger partial charge in [-0.15, -0.1) is 0 Å². The van der Waals surface area contributed by atoms with Crippen LogP contribution in [0.15, 0.2) is 0 Å². The number of carbonyl (C=O) groups excluding carboxylic acids is 1. The Morgan fingerprint density at radius 1 is 0.882 bits per heavy atom. The van der Waals surface area contributed by atoms with Crippen molar-refractivity contribution < 1.29 is 4.79 Å². The lowest BCUT2D eigenvalue weighted by Gasteiger charge is -2.13. The first-order valence-electron chi connectivity index (χ1n) is 7.19. The monoisotopic (exact) mass is 242 g/mol. The highest BCUT2D eigenvalue weighted by Crippen LogP contribution is 2.10. The van der Waals surface area contributed by atoms with Gasteiger partial charge in [0.05, 0.1) is 0 Å². The molecule has 0 heterocycles. The van der Waals surface area contributed by atoms with Crippen LogP contribution in [0.3, 0.4) is 0 Å². The van der Waals surface area contributed by atoms with Crippen LogP contribution in [-0.4, -0.2) is 24.5 Å². The number of nitrogens with zero attached hydrogens (tertiary/aromatic N) is 1. The molecule has 3 nitrogen and oxygen atoms in total. The maximum atomic E-state index is 10.7. The van der Waals surface area contributed by atoms with Gasteiger partial charge in [-0.25, -0.2) is 4.79 Å². The van der Waals surface area contributed by atoms with Crippen molar-refractivity contribution in [2.24, 2.45) is 5.73 Å². The number of amides is 2. The van der Waals surface area contributed by atoms with Gasteiger partial charge in [0.15, 0.2) is 0 Å². The number of hydrogen-bond acceptors (Lipinski definition) is 1. The molecule has 0 atom stereocenters. The molecule has 17 heavy (non-hydrogen) atoms. The van der Waals surface area contributed by atoms with Gasteiger partial charge in [-0.05, 0) is 6.42 Å². The lowest BCUT2D eigenvalue weighted by atomic mass is 10.1. The van der Waals surface area contributed by atoms with Crippen LogP contribution in [0.25, 0.3) is 0 Å². The Morgan fingerprint density at radius 2 is 1.29 bits per heavy atom. The predicted molar refractivity (Wildman–Crippen MR) is 74.1 cm³/mol. The summed E-state index contributed by atoms with van der Waals surface area (Å²) in [5, 5.41) is 0. The highest BCUT2D eigenvalue weighted by molar-refractivity contribution is 5.71. The van der Waals surface area contributed by atoms with Crippen LogP contribution in [0, 0.1) is 0 Å². The van der Waals surface area contributed by atoms with Crippen molar-refractivity contribution in [2.45, 2.75) is 71.1 Å². The summed E-state index contributed by atoms with van der Waals surface area (Å²) < 4.78 is 0. The standard InChI is InChI=1S/C14H30N2O/c1-3-4-5-6-7-8-9-10-11-12-13-16(2)14(15)17/h3-13H2,1-2H3,(H2,15,17). The number of primary amides is 1. The summed E-state index contributed by atoms with van der Waals surface area (Å²) in [6, 6.07) is -0.319. The Labute approximate surface area is 107 Å². The molecular weight excluding hydrogens is 212 g/mol. The first-order valence-corrected chi connectivity index (χ1v) is 7.19. The molecule has 102 valence electrons. The van der Waals surface area contributed by atoms with Gasteiger partial charge >= 0.3 is 6.03 Å². The Morgan fingerprint density at radius 3 is 1.71 bits per heavy atom. The van der Waals surface area contributed by atoms with Gasteiger partial charge in [-0.2, -0.15) is 0 Å². The molecule has 0 aliphatic rings. The molecule has 0 aromatic carbocycles. The lowest BCUT2D eigenvalue weighted by Crippen LogP contribution is -2.32. The molecule has 0 aromatic heterocycles. The summed E-state index contributed by atoms with van der Waals surface area (Å²) in [5.41, 5.74) is 5.14. The van der Waals surface area contributed by atoms with Crippen molar-refractivity contribution in [3.8, 4) is 0 Å². The minimum absolute atomic E-state index is 0.319. The third-order valence-corrected chi connectivity index (χ3v) is 3.22. The fraction of sp³-hybridized carbons (Fsp3) is 0.929. The van der Waals surface area contributed by atoms with Crippen molar-refractivity contribution >= 4 is 6.03 Å². The fourth-order valence-electron chi connectivity index (χ4n) is 1.95. The maximum Gasteiger partial charge on any atom is 0.314 e. The van der Waals surface area contributed by atoms with E-state index < -0.39 is 0 Å². The zero-order valence-corrected chi connectivity index (χ0v) is 11.7. The molecule has 0 aliphatic heterocycles. The Bertz CT molecular complexity index is 183. The van der Waals surface area contributed by atoms with Gasteiger partial charge in [-0.1, -0.05) is 64.7 Å². The van der Waals surface area contributed by atoms with Crippen LogP contribution in [0.2, 0.25) is 0 Å². The third kappa shape index (κ3) is 11.5. The Kier molecular flexibility index (Phi) is 11.2. The zero-order valence-electron chi connectivity index (χ0n) is 11.7. The van der Waals surface area contributed by atoms with Gasteiger partial charge in [0.2, 0.25) is 0 Å². The minimum Gasteiger partial charge on any atom is -0.351 e. The van der Waals surface area contributed by atoms with E-state index in [0.29, 0.717) is 0 Å². The highest BCUT2D eigenvalue weighted by Gasteiger charge is 2.01.